The van der Waals surface area contributed by atoms with E-state index in [2.05, 4.69) is 15.5 Å². The number of hydrogen-bond donors (Lipinski definition) is 2. The number of sulfonamides is 1. The molecule has 0 spiro atoms. The van der Waals surface area contributed by atoms with E-state index in [1.54, 1.807) is 13.8 Å². The topological polar surface area (TPSA) is 130 Å². The van der Waals surface area contributed by atoms with Gasteiger partial charge in [0.1, 0.15) is 6.10 Å². The highest BCUT2D eigenvalue weighted by Crippen LogP contribution is 2.19. The number of hydrogen-bond acceptors (Lipinski definition) is 9. The quantitative estimate of drug-likeness (QED) is 0.343. The van der Waals surface area contributed by atoms with Gasteiger partial charge in [0.2, 0.25) is 10.0 Å². The highest BCUT2D eigenvalue weighted by molar-refractivity contribution is 7.89. The van der Waals surface area contributed by atoms with Crippen LogP contribution in [0.5, 0.6) is 0 Å². The number of amides is 1. The third kappa shape index (κ3) is 6.77. The standard InChI is InChI=1S/C19H25FN4O6S2/c1-4-24(9-10-25)32(27,28)15-7-5-14(6-8-15)17(23-30-13(2)12-29-3)18(26)22-19-21-11-16(20)31-19/h5-8,11,13,25H,4,9-10,12H2,1-3H3,(H,21,22,26)/t13-/m1/s1. The van der Waals surface area contributed by atoms with Crippen molar-refractivity contribution in [3.63, 3.8) is 0 Å². The zero-order valence-electron chi connectivity index (χ0n) is 17.8. The number of halogens is 1. The van der Waals surface area contributed by atoms with Crippen LogP contribution < -0.4 is 5.32 Å². The Morgan fingerprint density at radius 3 is 2.59 bits per heavy atom. The maximum absolute atomic E-state index is 13.2. The second-order valence-corrected chi connectivity index (χ2v) is 9.40. The summed E-state index contributed by atoms with van der Waals surface area (Å²) in [6.45, 7) is 3.42. The summed E-state index contributed by atoms with van der Waals surface area (Å²) >= 11 is 0.647. The Kier molecular flexibility index (Phi) is 9.65. The maximum atomic E-state index is 13.2. The number of nitrogens with zero attached hydrogens (tertiary/aromatic N) is 3. The van der Waals surface area contributed by atoms with E-state index in [1.165, 1.54) is 31.4 Å². The Hall–Kier alpha value is -2.45. The number of anilines is 1. The van der Waals surface area contributed by atoms with Gasteiger partial charge in [-0.05, 0) is 19.1 Å². The molecule has 32 heavy (non-hydrogen) atoms. The van der Waals surface area contributed by atoms with Gasteiger partial charge in [-0.15, -0.1) is 0 Å². The van der Waals surface area contributed by atoms with E-state index in [1.807, 2.05) is 0 Å². The lowest BCUT2D eigenvalue weighted by Gasteiger charge is -2.19. The second kappa shape index (κ2) is 12.0. The molecule has 0 unspecified atom stereocenters. The molecule has 0 aliphatic rings. The maximum Gasteiger partial charge on any atom is 0.280 e. The normalized spacial score (nSPS) is 13.2. The first-order valence-corrected chi connectivity index (χ1v) is 11.8. The molecule has 0 fully saturated rings. The van der Waals surface area contributed by atoms with Crippen LogP contribution in [-0.4, -0.2) is 73.9 Å². The van der Waals surface area contributed by atoms with E-state index in [-0.39, 0.29) is 47.6 Å². The van der Waals surface area contributed by atoms with Crippen LogP contribution in [0.1, 0.15) is 19.4 Å². The van der Waals surface area contributed by atoms with E-state index in [0.717, 1.165) is 10.5 Å². The number of aromatic nitrogens is 1. The van der Waals surface area contributed by atoms with Gasteiger partial charge >= 0.3 is 0 Å². The van der Waals surface area contributed by atoms with Gasteiger partial charge < -0.3 is 14.7 Å². The molecule has 176 valence electrons. The molecule has 1 atom stereocenters. The van der Waals surface area contributed by atoms with Crippen LogP contribution in [-0.2, 0) is 24.4 Å². The van der Waals surface area contributed by atoms with Crippen molar-refractivity contribution in [2.75, 3.05) is 38.7 Å². The first-order valence-electron chi connectivity index (χ1n) is 9.59. The van der Waals surface area contributed by atoms with Gasteiger partial charge in [0.25, 0.3) is 5.91 Å². The Morgan fingerprint density at radius 1 is 1.38 bits per heavy atom. The van der Waals surface area contributed by atoms with Crippen LogP contribution in [0.25, 0.3) is 0 Å². The summed E-state index contributed by atoms with van der Waals surface area (Å²) in [7, 11) is -2.33. The van der Waals surface area contributed by atoms with E-state index >= 15 is 0 Å². The van der Waals surface area contributed by atoms with Crippen molar-refractivity contribution in [3.8, 4) is 0 Å². The number of rotatable bonds is 12. The van der Waals surface area contributed by atoms with Crippen molar-refractivity contribution in [2.45, 2.75) is 24.8 Å². The molecular weight excluding hydrogens is 463 g/mol. The number of methoxy groups -OCH3 is 1. The Labute approximate surface area is 189 Å². The Bertz CT molecular complexity index is 1030. The highest BCUT2D eigenvalue weighted by atomic mass is 32.2. The van der Waals surface area contributed by atoms with Crippen molar-refractivity contribution >= 4 is 38.1 Å². The summed E-state index contributed by atoms with van der Waals surface area (Å²) in [5.74, 6) is -0.713. The molecule has 0 aliphatic heterocycles. The minimum atomic E-state index is -3.82. The number of oxime groups is 1. The van der Waals surface area contributed by atoms with Crippen LogP contribution in [0.15, 0.2) is 40.5 Å². The molecule has 2 aromatic rings. The summed E-state index contributed by atoms with van der Waals surface area (Å²) in [6, 6.07) is 5.47. The molecule has 0 bridgehead atoms. The lowest BCUT2D eigenvalue weighted by Crippen LogP contribution is -2.33. The van der Waals surface area contributed by atoms with Crippen LogP contribution in [0, 0.1) is 5.13 Å². The van der Waals surface area contributed by atoms with Crippen molar-refractivity contribution < 1.29 is 32.3 Å². The summed E-state index contributed by atoms with van der Waals surface area (Å²) in [5, 5.41) is 14.9. The Balaban J connectivity index is 2.34. The average molecular weight is 489 g/mol. The fourth-order valence-electron chi connectivity index (χ4n) is 2.60. The number of likely N-dealkylation sites (N-methyl/N-ethyl adjacent to an activating group) is 1. The van der Waals surface area contributed by atoms with Crippen LogP contribution in [0.2, 0.25) is 0 Å². The first-order chi connectivity index (χ1) is 15.2. The molecular formula is C19H25FN4O6S2. The van der Waals surface area contributed by atoms with Crippen molar-refractivity contribution in [1.29, 1.82) is 0 Å². The monoisotopic (exact) mass is 488 g/mol. The summed E-state index contributed by atoms with van der Waals surface area (Å²) < 4.78 is 44.8. The number of thiazole rings is 1. The van der Waals surface area contributed by atoms with E-state index in [9.17, 15) is 17.6 Å². The summed E-state index contributed by atoms with van der Waals surface area (Å²) in [5.41, 5.74) is 0.114. The summed E-state index contributed by atoms with van der Waals surface area (Å²) in [6.07, 6.45) is 0.510. The molecule has 10 nitrogen and oxygen atoms in total. The third-order valence-corrected chi connectivity index (χ3v) is 6.80. The fraction of sp³-hybridized carbons (Fsp3) is 0.421. The molecule has 13 heteroatoms. The van der Waals surface area contributed by atoms with Crippen LogP contribution in [0.3, 0.4) is 0 Å². The number of ether oxygens (including phenoxy) is 1. The van der Waals surface area contributed by atoms with Crippen LogP contribution >= 0.6 is 11.3 Å². The average Bonchev–Trinajstić information content (AvgIpc) is 3.17. The number of nitrogens with one attached hydrogen (secondary N) is 1. The number of carbonyl (C=O) groups excluding carboxylic acids is 1. The van der Waals surface area contributed by atoms with Crippen molar-refractivity contribution in [3.05, 3.63) is 41.2 Å². The largest absolute Gasteiger partial charge is 0.395 e. The molecule has 1 aromatic carbocycles. The minimum absolute atomic E-state index is 0.00743. The fourth-order valence-corrected chi connectivity index (χ4v) is 4.57. The third-order valence-electron chi connectivity index (χ3n) is 4.11. The zero-order chi connectivity index (χ0) is 23.7. The van der Waals surface area contributed by atoms with Gasteiger partial charge in [-0.3, -0.25) is 10.1 Å². The number of aliphatic hydroxyl groups excluding tert-OH is 1. The zero-order valence-corrected chi connectivity index (χ0v) is 19.5. The smallest absolute Gasteiger partial charge is 0.280 e. The van der Waals surface area contributed by atoms with Crippen molar-refractivity contribution in [1.82, 2.24) is 9.29 Å². The Morgan fingerprint density at radius 2 is 2.06 bits per heavy atom. The lowest BCUT2D eigenvalue weighted by atomic mass is 10.1. The molecule has 0 radical (unpaired) electrons. The second-order valence-electron chi connectivity index (χ2n) is 6.48. The number of carbonyl (C=O) groups is 1. The van der Waals surface area contributed by atoms with E-state index in [4.69, 9.17) is 14.7 Å². The molecule has 0 aliphatic carbocycles. The van der Waals surface area contributed by atoms with Gasteiger partial charge in [0.15, 0.2) is 16.0 Å². The molecule has 1 aromatic heterocycles. The van der Waals surface area contributed by atoms with Crippen LogP contribution in [0.4, 0.5) is 9.52 Å². The molecule has 2 rings (SSSR count). The SMILES string of the molecule is CCN(CCO)S(=O)(=O)c1ccc(C(=NO[C@H](C)COC)C(=O)Nc2ncc(F)s2)cc1. The predicted molar refractivity (Wildman–Crippen MR) is 118 cm³/mol. The molecule has 1 heterocycles. The van der Waals surface area contributed by atoms with Gasteiger partial charge in [0, 0.05) is 25.8 Å². The van der Waals surface area contributed by atoms with E-state index in [0.29, 0.717) is 11.3 Å². The minimum Gasteiger partial charge on any atom is -0.395 e. The van der Waals surface area contributed by atoms with Gasteiger partial charge in [-0.1, -0.05) is 35.5 Å². The number of aliphatic hydroxyl groups is 1. The molecule has 2 N–H and O–H groups in total. The first kappa shape index (κ1) is 25.8. The molecule has 1 amide bonds. The van der Waals surface area contributed by atoms with Gasteiger partial charge in [-0.2, -0.15) is 8.70 Å². The van der Waals surface area contributed by atoms with Crippen molar-refractivity contribution in [2.24, 2.45) is 5.16 Å². The highest BCUT2D eigenvalue weighted by Gasteiger charge is 2.24. The molecule has 0 saturated carbocycles. The molecule has 0 saturated heterocycles. The number of benzene rings is 1. The lowest BCUT2D eigenvalue weighted by molar-refractivity contribution is -0.110. The summed E-state index contributed by atoms with van der Waals surface area (Å²) in [4.78, 5) is 21.8. The van der Waals surface area contributed by atoms with E-state index < -0.39 is 27.2 Å². The van der Waals surface area contributed by atoms with Gasteiger partial charge in [-0.25, -0.2) is 13.4 Å². The predicted octanol–water partition coefficient (Wildman–Crippen LogP) is 1.68. The van der Waals surface area contributed by atoms with Gasteiger partial charge in [0.05, 0.1) is 24.3 Å².